The van der Waals surface area contributed by atoms with Crippen LogP contribution in [0.25, 0.3) is 11.1 Å². The summed E-state index contributed by atoms with van der Waals surface area (Å²) in [7, 11) is 0. The fraction of sp³-hybridized carbons (Fsp3) is 0. The van der Waals surface area contributed by atoms with Gasteiger partial charge in [-0.05, 0) is 11.6 Å². The van der Waals surface area contributed by atoms with E-state index in [1.807, 2.05) is 36.4 Å². The van der Waals surface area contributed by atoms with Gasteiger partial charge >= 0.3 is 0 Å². The maximum atomic E-state index is 13.3. The summed E-state index contributed by atoms with van der Waals surface area (Å²) in [6.45, 7) is 0. The Morgan fingerprint density at radius 1 is 0.714 bits per heavy atom. The molecule has 0 nitrogen and oxygen atoms in total. The number of benzene rings is 2. The predicted octanol–water partition coefficient (Wildman–Crippen LogP) is 4.07. The van der Waals surface area contributed by atoms with Gasteiger partial charge in [-0.2, -0.15) is 0 Å². The van der Waals surface area contributed by atoms with E-state index in [1.54, 1.807) is 12.1 Å². The highest BCUT2D eigenvalue weighted by atomic mass is 79.9. The lowest BCUT2D eigenvalue weighted by Gasteiger charge is -2.01. The molecule has 0 aliphatic rings. The fourth-order valence-corrected chi connectivity index (χ4v) is 1.31. The van der Waals surface area contributed by atoms with Crippen LogP contribution in [0.1, 0.15) is 0 Å². The van der Waals surface area contributed by atoms with E-state index in [4.69, 9.17) is 0 Å². The molecule has 0 amide bonds. The SMILES string of the molecule is Br.Fc1ccccc1-c1ccccc1. The Morgan fingerprint density at radius 3 is 1.93 bits per heavy atom. The third-order valence-electron chi connectivity index (χ3n) is 1.96. The Morgan fingerprint density at radius 2 is 1.29 bits per heavy atom. The third-order valence-corrected chi connectivity index (χ3v) is 1.96. The average Bonchev–Trinajstić information content (AvgIpc) is 2.20. The zero-order valence-corrected chi connectivity index (χ0v) is 9.20. The standard InChI is InChI=1S/C12H9F.BrH/c13-12-9-5-4-8-11(12)10-6-2-1-3-7-10;/h1-9H;1H. The van der Waals surface area contributed by atoms with E-state index >= 15 is 0 Å². The van der Waals surface area contributed by atoms with E-state index in [9.17, 15) is 4.39 Å². The van der Waals surface area contributed by atoms with E-state index in [-0.39, 0.29) is 22.8 Å². The van der Waals surface area contributed by atoms with Crippen molar-refractivity contribution in [2.75, 3.05) is 0 Å². The second-order valence-corrected chi connectivity index (χ2v) is 2.85. The maximum absolute atomic E-state index is 13.3. The minimum Gasteiger partial charge on any atom is -0.206 e. The van der Waals surface area contributed by atoms with Gasteiger partial charge in [-0.25, -0.2) is 4.39 Å². The molecule has 0 aliphatic heterocycles. The summed E-state index contributed by atoms with van der Waals surface area (Å²) in [5, 5.41) is 0. The fourth-order valence-electron chi connectivity index (χ4n) is 1.31. The molecule has 0 unspecified atom stereocenters. The quantitative estimate of drug-likeness (QED) is 0.718. The number of rotatable bonds is 1. The molecule has 2 rings (SSSR count). The molecule has 0 fully saturated rings. The monoisotopic (exact) mass is 252 g/mol. The van der Waals surface area contributed by atoms with E-state index < -0.39 is 0 Å². The van der Waals surface area contributed by atoms with Gasteiger partial charge < -0.3 is 0 Å². The van der Waals surface area contributed by atoms with Crippen molar-refractivity contribution in [2.45, 2.75) is 0 Å². The molecule has 0 aromatic heterocycles. The highest BCUT2D eigenvalue weighted by molar-refractivity contribution is 8.93. The summed E-state index contributed by atoms with van der Waals surface area (Å²) in [4.78, 5) is 0. The number of halogens is 2. The second-order valence-electron chi connectivity index (χ2n) is 2.85. The lowest BCUT2D eigenvalue weighted by Crippen LogP contribution is -1.81. The maximum Gasteiger partial charge on any atom is 0.131 e. The summed E-state index contributed by atoms with van der Waals surface area (Å²) in [6.07, 6.45) is 0. The lowest BCUT2D eigenvalue weighted by molar-refractivity contribution is 0.631. The van der Waals surface area contributed by atoms with Crippen LogP contribution in [-0.4, -0.2) is 0 Å². The van der Waals surface area contributed by atoms with Crippen LogP contribution < -0.4 is 0 Å². The molecule has 14 heavy (non-hydrogen) atoms. The Kier molecular flexibility index (Phi) is 3.84. The molecule has 0 saturated heterocycles. The number of hydrogen-bond acceptors (Lipinski definition) is 0. The summed E-state index contributed by atoms with van der Waals surface area (Å²) in [6, 6.07) is 16.3. The Labute approximate surface area is 93.2 Å². The molecule has 2 heteroatoms. The van der Waals surface area contributed by atoms with Crippen molar-refractivity contribution in [2.24, 2.45) is 0 Å². The Hall–Kier alpha value is -1.15. The molecule has 72 valence electrons. The first-order valence-corrected chi connectivity index (χ1v) is 4.18. The van der Waals surface area contributed by atoms with Crippen molar-refractivity contribution in [3.05, 3.63) is 60.4 Å². The van der Waals surface area contributed by atoms with Crippen LogP contribution in [0.2, 0.25) is 0 Å². The van der Waals surface area contributed by atoms with Crippen molar-refractivity contribution in [3.63, 3.8) is 0 Å². The summed E-state index contributed by atoms with van der Waals surface area (Å²) < 4.78 is 13.3. The van der Waals surface area contributed by atoms with Crippen LogP contribution in [0.5, 0.6) is 0 Å². The molecule has 0 spiro atoms. The molecule has 2 aromatic rings. The van der Waals surface area contributed by atoms with Crippen LogP contribution in [0.15, 0.2) is 54.6 Å². The molecular formula is C12H10BrF. The van der Waals surface area contributed by atoms with Crippen LogP contribution in [0.3, 0.4) is 0 Å². The largest absolute Gasteiger partial charge is 0.206 e. The van der Waals surface area contributed by atoms with Crippen molar-refractivity contribution < 1.29 is 4.39 Å². The van der Waals surface area contributed by atoms with Gasteiger partial charge in [-0.15, -0.1) is 17.0 Å². The minimum atomic E-state index is -0.172. The third kappa shape index (κ3) is 2.20. The Balaban J connectivity index is 0.000000980. The lowest BCUT2D eigenvalue weighted by atomic mass is 10.1. The molecule has 2 aromatic carbocycles. The van der Waals surface area contributed by atoms with Crippen molar-refractivity contribution >= 4 is 17.0 Å². The van der Waals surface area contributed by atoms with Crippen molar-refractivity contribution in [3.8, 4) is 11.1 Å². The predicted molar refractivity (Wildman–Crippen MR) is 62.2 cm³/mol. The van der Waals surface area contributed by atoms with E-state index in [0.29, 0.717) is 5.56 Å². The topological polar surface area (TPSA) is 0 Å². The van der Waals surface area contributed by atoms with Gasteiger partial charge in [-0.3, -0.25) is 0 Å². The van der Waals surface area contributed by atoms with Gasteiger partial charge in [0.1, 0.15) is 5.82 Å². The van der Waals surface area contributed by atoms with E-state index in [2.05, 4.69) is 0 Å². The van der Waals surface area contributed by atoms with Gasteiger partial charge in [0.2, 0.25) is 0 Å². The summed E-state index contributed by atoms with van der Waals surface area (Å²) >= 11 is 0. The highest BCUT2D eigenvalue weighted by Gasteiger charge is 2.01. The number of hydrogen-bond donors (Lipinski definition) is 0. The molecular weight excluding hydrogens is 243 g/mol. The first-order chi connectivity index (χ1) is 6.38. The van der Waals surface area contributed by atoms with Crippen LogP contribution >= 0.6 is 17.0 Å². The minimum absolute atomic E-state index is 0. The average molecular weight is 253 g/mol. The zero-order chi connectivity index (χ0) is 9.10. The van der Waals surface area contributed by atoms with Gasteiger partial charge in [0.25, 0.3) is 0 Å². The van der Waals surface area contributed by atoms with Crippen molar-refractivity contribution in [1.82, 2.24) is 0 Å². The molecule has 0 aliphatic carbocycles. The van der Waals surface area contributed by atoms with Crippen LogP contribution in [-0.2, 0) is 0 Å². The normalized spacial score (nSPS) is 9.21. The van der Waals surface area contributed by atoms with Crippen molar-refractivity contribution in [1.29, 1.82) is 0 Å². The van der Waals surface area contributed by atoms with E-state index in [1.165, 1.54) is 6.07 Å². The summed E-state index contributed by atoms with van der Waals surface area (Å²) in [5.41, 5.74) is 1.57. The molecule has 0 radical (unpaired) electrons. The van der Waals surface area contributed by atoms with Gasteiger partial charge in [0.05, 0.1) is 0 Å². The van der Waals surface area contributed by atoms with Crippen LogP contribution in [0, 0.1) is 5.82 Å². The summed E-state index contributed by atoms with van der Waals surface area (Å²) in [5.74, 6) is -0.172. The van der Waals surface area contributed by atoms with E-state index in [0.717, 1.165) is 5.56 Å². The van der Waals surface area contributed by atoms with Gasteiger partial charge in [0, 0.05) is 5.56 Å². The van der Waals surface area contributed by atoms with Gasteiger partial charge in [0.15, 0.2) is 0 Å². The highest BCUT2D eigenvalue weighted by Crippen LogP contribution is 2.21. The molecule has 0 saturated carbocycles. The van der Waals surface area contributed by atoms with Gasteiger partial charge in [-0.1, -0.05) is 48.5 Å². The smallest absolute Gasteiger partial charge is 0.131 e. The molecule has 0 heterocycles. The second kappa shape index (κ2) is 4.91. The Bertz CT molecular complexity index is 398. The first-order valence-electron chi connectivity index (χ1n) is 4.18. The van der Waals surface area contributed by atoms with Crippen LogP contribution in [0.4, 0.5) is 4.39 Å². The zero-order valence-electron chi connectivity index (χ0n) is 7.48. The molecule has 0 atom stereocenters. The first kappa shape index (κ1) is 10.9. The molecule has 0 bridgehead atoms. The molecule has 0 N–H and O–H groups in total.